The average molecular weight is 256 g/mol. The summed E-state index contributed by atoms with van der Waals surface area (Å²) in [5.74, 6) is 0. The molecule has 0 atom stereocenters. The van der Waals surface area contributed by atoms with Gasteiger partial charge in [0.25, 0.3) is 0 Å². The lowest BCUT2D eigenvalue weighted by atomic mass is 10.1. The van der Waals surface area contributed by atoms with E-state index in [1.54, 1.807) is 7.11 Å². The Hall–Kier alpha value is -1.45. The van der Waals surface area contributed by atoms with E-state index >= 15 is 0 Å². The van der Waals surface area contributed by atoms with E-state index in [-0.39, 0.29) is 0 Å². The summed E-state index contributed by atoms with van der Waals surface area (Å²) in [4.78, 5) is 7.12. The molecule has 3 rings (SSSR count). The Kier molecular flexibility index (Phi) is 3.76. The van der Waals surface area contributed by atoms with Crippen molar-refractivity contribution in [3.8, 4) is 0 Å². The second kappa shape index (κ2) is 5.68. The molecule has 0 radical (unpaired) electrons. The molecular weight excluding hydrogens is 236 g/mol. The van der Waals surface area contributed by atoms with Gasteiger partial charge in [0.15, 0.2) is 0 Å². The van der Waals surface area contributed by atoms with Gasteiger partial charge in [-0.3, -0.25) is 9.88 Å². The molecule has 3 heteroatoms. The average Bonchev–Trinajstić information content (AvgIpc) is 2.92. The highest BCUT2D eigenvalue weighted by molar-refractivity contribution is 5.79. The van der Waals surface area contributed by atoms with Gasteiger partial charge in [-0.1, -0.05) is 12.1 Å². The fraction of sp³-hybridized carbons (Fsp3) is 0.438. The van der Waals surface area contributed by atoms with Crippen molar-refractivity contribution in [2.24, 2.45) is 0 Å². The molecule has 0 amide bonds. The van der Waals surface area contributed by atoms with Crippen LogP contribution in [0.3, 0.4) is 0 Å². The van der Waals surface area contributed by atoms with Crippen molar-refractivity contribution >= 4 is 10.9 Å². The molecule has 3 nitrogen and oxygen atoms in total. The molecular formula is C16H20N2O. The maximum Gasteiger partial charge on any atom is 0.0884 e. The summed E-state index contributed by atoms with van der Waals surface area (Å²) < 4.78 is 5.12. The SMILES string of the molecule is COCc1ccc2cc(CN3CCCC3)ccc2n1. The van der Waals surface area contributed by atoms with E-state index in [2.05, 4.69) is 34.1 Å². The first-order valence-corrected chi connectivity index (χ1v) is 6.95. The summed E-state index contributed by atoms with van der Waals surface area (Å²) in [5.41, 5.74) is 3.43. The minimum absolute atomic E-state index is 0.575. The molecule has 0 bridgehead atoms. The van der Waals surface area contributed by atoms with Gasteiger partial charge in [0.05, 0.1) is 17.8 Å². The molecule has 0 aliphatic carbocycles. The lowest BCUT2D eigenvalue weighted by Gasteiger charge is -2.14. The number of methoxy groups -OCH3 is 1. The molecule has 0 N–H and O–H groups in total. The van der Waals surface area contributed by atoms with Crippen LogP contribution in [0.15, 0.2) is 30.3 Å². The highest BCUT2D eigenvalue weighted by Crippen LogP contribution is 2.18. The van der Waals surface area contributed by atoms with Crippen molar-refractivity contribution < 1.29 is 4.74 Å². The zero-order chi connectivity index (χ0) is 13.1. The third kappa shape index (κ3) is 2.94. The molecule has 1 aliphatic rings. The zero-order valence-electron chi connectivity index (χ0n) is 11.4. The van der Waals surface area contributed by atoms with Crippen LogP contribution in [0.2, 0.25) is 0 Å². The molecule has 2 heterocycles. The van der Waals surface area contributed by atoms with E-state index in [9.17, 15) is 0 Å². The number of fused-ring (bicyclic) bond motifs is 1. The number of aromatic nitrogens is 1. The summed E-state index contributed by atoms with van der Waals surface area (Å²) in [5, 5.41) is 1.22. The predicted octanol–water partition coefficient (Wildman–Crippen LogP) is 2.98. The second-order valence-corrected chi connectivity index (χ2v) is 5.25. The smallest absolute Gasteiger partial charge is 0.0884 e. The molecule has 1 aliphatic heterocycles. The number of hydrogen-bond acceptors (Lipinski definition) is 3. The highest BCUT2D eigenvalue weighted by Gasteiger charge is 2.11. The number of nitrogens with zero attached hydrogens (tertiary/aromatic N) is 2. The highest BCUT2D eigenvalue weighted by atomic mass is 16.5. The Labute approximate surface area is 114 Å². The second-order valence-electron chi connectivity index (χ2n) is 5.25. The van der Waals surface area contributed by atoms with Crippen LogP contribution in [0.4, 0.5) is 0 Å². The van der Waals surface area contributed by atoms with Gasteiger partial charge in [-0.15, -0.1) is 0 Å². The van der Waals surface area contributed by atoms with Crippen LogP contribution >= 0.6 is 0 Å². The van der Waals surface area contributed by atoms with E-state index < -0.39 is 0 Å². The standard InChI is InChI=1S/C16H20N2O/c1-19-12-15-6-5-14-10-13(4-7-16(14)17-15)11-18-8-2-3-9-18/h4-7,10H,2-3,8-9,11-12H2,1H3. The van der Waals surface area contributed by atoms with Crippen LogP contribution in [0.5, 0.6) is 0 Å². The van der Waals surface area contributed by atoms with Crippen LogP contribution in [-0.4, -0.2) is 30.1 Å². The van der Waals surface area contributed by atoms with E-state index in [1.807, 2.05) is 6.07 Å². The van der Waals surface area contributed by atoms with Gasteiger partial charge in [0, 0.05) is 19.0 Å². The van der Waals surface area contributed by atoms with E-state index in [0.29, 0.717) is 6.61 Å². The van der Waals surface area contributed by atoms with Gasteiger partial charge in [0.2, 0.25) is 0 Å². The lowest BCUT2D eigenvalue weighted by molar-refractivity contribution is 0.182. The molecule has 2 aromatic rings. The number of pyridine rings is 1. The van der Waals surface area contributed by atoms with E-state index in [0.717, 1.165) is 17.8 Å². The number of hydrogen-bond donors (Lipinski definition) is 0. The monoisotopic (exact) mass is 256 g/mol. The van der Waals surface area contributed by atoms with Crippen molar-refractivity contribution in [1.29, 1.82) is 0 Å². The molecule has 1 saturated heterocycles. The minimum atomic E-state index is 0.575. The van der Waals surface area contributed by atoms with Crippen molar-refractivity contribution in [2.75, 3.05) is 20.2 Å². The quantitative estimate of drug-likeness (QED) is 0.841. The summed E-state index contributed by atoms with van der Waals surface area (Å²) in [7, 11) is 1.70. The van der Waals surface area contributed by atoms with Gasteiger partial charge in [-0.2, -0.15) is 0 Å². The Bertz CT molecular complexity index is 562. The van der Waals surface area contributed by atoms with Crippen molar-refractivity contribution in [3.05, 3.63) is 41.6 Å². The number of ether oxygens (including phenoxy) is 1. The zero-order valence-corrected chi connectivity index (χ0v) is 11.4. The molecule has 19 heavy (non-hydrogen) atoms. The predicted molar refractivity (Wildman–Crippen MR) is 77.0 cm³/mol. The molecule has 0 spiro atoms. The largest absolute Gasteiger partial charge is 0.378 e. The van der Waals surface area contributed by atoms with Crippen molar-refractivity contribution in [3.63, 3.8) is 0 Å². The molecule has 0 unspecified atom stereocenters. The van der Waals surface area contributed by atoms with Gasteiger partial charge in [-0.25, -0.2) is 0 Å². The molecule has 1 aromatic heterocycles. The number of rotatable bonds is 4. The minimum Gasteiger partial charge on any atom is -0.378 e. The third-order valence-electron chi connectivity index (χ3n) is 3.71. The van der Waals surface area contributed by atoms with Crippen LogP contribution in [0.25, 0.3) is 10.9 Å². The normalized spacial score (nSPS) is 16.3. The summed E-state index contributed by atoms with van der Waals surface area (Å²) in [6.07, 6.45) is 2.69. The molecule has 100 valence electrons. The Morgan fingerprint density at radius 1 is 1.16 bits per heavy atom. The first-order chi connectivity index (χ1) is 9.35. The fourth-order valence-electron chi connectivity index (χ4n) is 2.74. The lowest BCUT2D eigenvalue weighted by Crippen LogP contribution is -2.18. The Morgan fingerprint density at radius 3 is 2.79 bits per heavy atom. The van der Waals surface area contributed by atoms with Crippen molar-refractivity contribution in [1.82, 2.24) is 9.88 Å². The van der Waals surface area contributed by atoms with E-state index in [1.165, 1.54) is 36.9 Å². The third-order valence-corrected chi connectivity index (χ3v) is 3.71. The van der Waals surface area contributed by atoms with Crippen LogP contribution < -0.4 is 0 Å². The summed E-state index contributed by atoms with van der Waals surface area (Å²) in [6, 6.07) is 10.8. The summed E-state index contributed by atoms with van der Waals surface area (Å²) >= 11 is 0. The van der Waals surface area contributed by atoms with Crippen molar-refractivity contribution in [2.45, 2.75) is 26.0 Å². The number of likely N-dealkylation sites (tertiary alicyclic amines) is 1. The molecule has 1 aromatic carbocycles. The molecule has 0 saturated carbocycles. The van der Waals surface area contributed by atoms with Gasteiger partial charge >= 0.3 is 0 Å². The van der Waals surface area contributed by atoms with Crippen LogP contribution in [0, 0.1) is 0 Å². The molecule has 1 fully saturated rings. The van der Waals surface area contributed by atoms with Gasteiger partial charge < -0.3 is 4.74 Å². The van der Waals surface area contributed by atoms with Gasteiger partial charge in [-0.05, 0) is 49.7 Å². The maximum atomic E-state index is 5.12. The first-order valence-electron chi connectivity index (χ1n) is 6.95. The van der Waals surface area contributed by atoms with Crippen LogP contribution in [-0.2, 0) is 17.9 Å². The first kappa shape index (κ1) is 12.6. The Balaban J connectivity index is 1.82. The summed E-state index contributed by atoms with van der Waals surface area (Å²) in [6.45, 7) is 4.12. The van der Waals surface area contributed by atoms with Gasteiger partial charge in [0.1, 0.15) is 0 Å². The Morgan fingerprint density at radius 2 is 2.00 bits per heavy atom. The topological polar surface area (TPSA) is 25.4 Å². The number of benzene rings is 1. The fourth-order valence-corrected chi connectivity index (χ4v) is 2.74. The van der Waals surface area contributed by atoms with E-state index in [4.69, 9.17) is 4.74 Å². The maximum absolute atomic E-state index is 5.12. The van der Waals surface area contributed by atoms with Crippen LogP contribution in [0.1, 0.15) is 24.1 Å².